The minimum absolute atomic E-state index is 0.0399. The van der Waals surface area contributed by atoms with Gasteiger partial charge in [0.1, 0.15) is 11.9 Å². The summed E-state index contributed by atoms with van der Waals surface area (Å²) in [6.45, 7) is 9.42. The van der Waals surface area contributed by atoms with E-state index in [4.69, 9.17) is 10.5 Å². The predicted octanol–water partition coefficient (Wildman–Crippen LogP) is 2.76. The van der Waals surface area contributed by atoms with Gasteiger partial charge < -0.3 is 15.8 Å². The molecule has 3 heteroatoms. The van der Waals surface area contributed by atoms with Gasteiger partial charge in [-0.05, 0) is 24.5 Å². The molecule has 0 aromatic heterocycles. The van der Waals surface area contributed by atoms with Gasteiger partial charge in [-0.3, -0.25) is 0 Å². The van der Waals surface area contributed by atoms with E-state index in [1.165, 1.54) is 5.56 Å². The molecule has 1 atom stereocenters. The molecule has 1 aliphatic heterocycles. The number of benzene rings is 1. The minimum Gasteiger partial charge on any atom is -0.486 e. The Morgan fingerprint density at radius 2 is 2.06 bits per heavy atom. The van der Waals surface area contributed by atoms with Crippen molar-refractivity contribution < 1.29 is 4.74 Å². The zero-order valence-corrected chi connectivity index (χ0v) is 10.4. The standard InChI is InChI=1S/C13H20N2O/c1-8-7-15-11-6-9(14)5-10(12(11)16-8)13(2,3)4/h5-6,8,15H,7,14H2,1-4H3. The molecule has 3 nitrogen and oxygen atoms in total. The van der Waals surface area contributed by atoms with E-state index < -0.39 is 0 Å². The molecule has 0 bridgehead atoms. The van der Waals surface area contributed by atoms with Crippen LogP contribution >= 0.6 is 0 Å². The number of hydrogen-bond donors (Lipinski definition) is 2. The molecular weight excluding hydrogens is 200 g/mol. The van der Waals surface area contributed by atoms with Crippen molar-refractivity contribution in [2.45, 2.75) is 39.2 Å². The summed E-state index contributed by atoms with van der Waals surface area (Å²) in [6.07, 6.45) is 0.206. The highest BCUT2D eigenvalue weighted by atomic mass is 16.5. The van der Waals surface area contributed by atoms with Crippen LogP contribution in [0.1, 0.15) is 33.3 Å². The highest BCUT2D eigenvalue weighted by molar-refractivity contribution is 5.69. The molecule has 0 amide bonds. The number of nitrogen functional groups attached to an aromatic ring is 1. The average Bonchev–Trinajstić information content (AvgIpc) is 2.16. The molecule has 88 valence electrons. The summed E-state index contributed by atoms with van der Waals surface area (Å²) in [6, 6.07) is 3.95. The fourth-order valence-electron chi connectivity index (χ4n) is 1.96. The van der Waals surface area contributed by atoms with E-state index in [1.54, 1.807) is 0 Å². The number of hydrogen-bond acceptors (Lipinski definition) is 3. The van der Waals surface area contributed by atoms with Gasteiger partial charge in [0.15, 0.2) is 0 Å². The minimum atomic E-state index is 0.0399. The van der Waals surface area contributed by atoms with Crippen molar-refractivity contribution >= 4 is 11.4 Å². The molecule has 0 aliphatic carbocycles. The van der Waals surface area contributed by atoms with Crippen molar-refractivity contribution in [3.8, 4) is 5.75 Å². The molecule has 1 aromatic carbocycles. The largest absolute Gasteiger partial charge is 0.486 e. The van der Waals surface area contributed by atoms with Crippen LogP contribution in [0, 0.1) is 0 Å². The molecule has 0 fully saturated rings. The normalized spacial score (nSPS) is 19.6. The molecule has 1 aliphatic rings. The zero-order valence-electron chi connectivity index (χ0n) is 10.4. The van der Waals surface area contributed by atoms with Crippen LogP contribution in [0.3, 0.4) is 0 Å². The quantitative estimate of drug-likeness (QED) is 0.661. The summed E-state index contributed by atoms with van der Waals surface area (Å²) in [5.41, 5.74) is 8.93. The van der Waals surface area contributed by atoms with E-state index >= 15 is 0 Å². The number of anilines is 2. The van der Waals surface area contributed by atoms with Gasteiger partial charge in [0, 0.05) is 11.3 Å². The molecule has 16 heavy (non-hydrogen) atoms. The summed E-state index contributed by atoms with van der Waals surface area (Å²) in [7, 11) is 0. The van der Waals surface area contributed by atoms with Gasteiger partial charge in [0.2, 0.25) is 0 Å². The Bertz CT molecular complexity index is 407. The van der Waals surface area contributed by atoms with Crippen molar-refractivity contribution in [3.63, 3.8) is 0 Å². The topological polar surface area (TPSA) is 47.3 Å². The van der Waals surface area contributed by atoms with Crippen LogP contribution < -0.4 is 15.8 Å². The van der Waals surface area contributed by atoms with Crippen LogP contribution in [0.4, 0.5) is 11.4 Å². The lowest BCUT2D eigenvalue weighted by Crippen LogP contribution is -2.30. The number of nitrogens with two attached hydrogens (primary N) is 1. The summed E-state index contributed by atoms with van der Waals surface area (Å²) in [5.74, 6) is 0.959. The summed E-state index contributed by atoms with van der Waals surface area (Å²) < 4.78 is 5.93. The van der Waals surface area contributed by atoms with Crippen LogP contribution in [-0.2, 0) is 5.41 Å². The van der Waals surface area contributed by atoms with Crippen molar-refractivity contribution in [2.24, 2.45) is 0 Å². The van der Waals surface area contributed by atoms with Crippen LogP contribution in [0.15, 0.2) is 12.1 Å². The van der Waals surface area contributed by atoms with Crippen LogP contribution in [-0.4, -0.2) is 12.6 Å². The lowest BCUT2D eigenvalue weighted by atomic mass is 9.85. The maximum atomic E-state index is 5.93. The van der Waals surface area contributed by atoms with E-state index in [9.17, 15) is 0 Å². The molecule has 0 saturated carbocycles. The third kappa shape index (κ3) is 1.94. The van der Waals surface area contributed by atoms with Crippen molar-refractivity contribution in [3.05, 3.63) is 17.7 Å². The average molecular weight is 220 g/mol. The number of rotatable bonds is 0. The van der Waals surface area contributed by atoms with Crippen molar-refractivity contribution in [2.75, 3.05) is 17.6 Å². The first kappa shape index (κ1) is 11.1. The van der Waals surface area contributed by atoms with Crippen LogP contribution in [0.25, 0.3) is 0 Å². The van der Waals surface area contributed by atoms with Gasteiger partial charge in [-0.2, -0.15) is 0 Å². The summed E-state index contributed by atoms with van der Waals surface area (Å²) in [4.78, 5) is 0. The van der Waals surface area contributed by atoms with Crippen LogP contribution in [0.2, 0.25) is 0 Å². The molecule has 0 radical (unpaired) electrons. The van der Waals surface area contributed by atoms with E-state index in [0.717, 1.165) is 23.7 Å². The van der Waals surface area contributed by atoms with Gasteiger partial charge in [-0.1, -0.05) is 20.8 Å². The number of ether oxygens (including phenoxy) is 1. The van der Waals surface area contributed by atoms with Crippen molar-refractivity contribution in [1.82, 2.24) is 0 Å². The number of nitrogens with one attached hydrogen (secondary N) is 1. The molecule has 0 spiro atoms. The first-order chi connectivity index (χ1) is 7.38. The zero-order chi connectivity index (χ0) is 11.9. The third-order valence-corrected chi connectivity index (χ3v) is 2.82. The fourth-order valence-corrected chi connectivity index (χ4v) is 1.96. The monoisotopic (exact) mass is 220 g/mol. The Hall–Kier alpha value is -1.38. The smallest absolute Gasteiger partial charge is 0.146 e. The lowest BCUT2D eigenvalue weighted by Gasteiger charge is -2.31. The van der Waals surface area contributed by atoms with E-state index in [2.05, 4.69) is 33.0 Å². The lowest BCUT2D eigenvalue weighted by molar-refractivity contribution is 0.221. The van der Waals surface area contributed by atoms with E-state index in [1.807, 2.05) is 12.1 Å². The summed E-state index contributed by atoms with van der Waals surface area (Å²) in [5, 5.41) is 3.36. The van der Waals surface area contributed by atoms with Gasteiger partial charge >= 0.3 is 0 Å². The first-order valence-corrected chi connectivity index (χ1v) is 5.72. The number of fused-ring (bicyclic) bond motifs is 1. The molecule has 2 rings (SSSR count). The van der Waals surface area contributed by atoms with E-state index in [0.29, 0.717) is 0 Å². The molecule has 1 unspecified atom stereocenters. The summed E-state index contributed by atoms with van der Waals surface area (Å²) >= 11 is 0. The highest BCUT2D eigenvalue weighted by Gasteiger charge is 2.26. The van der Waals surface area contributed by atoms with Gasteiger partial charge in [-0.25, -0.2) is 0 Å². The Labute approximate surface area is 97.0 Å². The van der Waals surface area contributed by atoms with E-state index in [-0.39, 0.29) is 11.5 Å². The molecule has 3 N–H and O–H groups in total. The maximum absolute atomic E-state index is 5.93. The Balaban J connectivity index is 2.56. The second kappa shape index (κ2) is 3.58. The van der Waals surface area contributed by atoms with Gasteiger partial charge in [0.05, 0.1) is 12.2 Å². The Kier molecular flexibility index (Phi) is 2.49. The Morgan fingerprint density at radius 1 is 1.38 bits per heavy atom. The predicted molar refractivity (Wildman–Crippen MR) is 68.1 cm³/mol. The SMILES string of the molecule is CC1CNc2cc(N)cc(C(C)(C)C)c2O1. The van der Waals surface area contributed by atoms with Gasteiger partial charge in [-0.15, -0.1) is 0 Å². The van der Waals surface area contributed by atoms with Gasteiger partial charge in [0.25, 0.3) is 0 Å². The van der Waals surface area contributed by atoms with Crippen molar-refractivity contribution in [1.29, 1.82) is 0 Å². The fraction of sp³-hybridized carbons (Fsp3) is 0.538. The molecule has 1 heterocycles. The Morgan fingerprint density at radius 3 is 2.69 bits per heavy atom. The third-order valence-electron chi connectivity index (χ3n) is 2.82. The highest BCUT2D eigenvalue weighted by Crippen LogP contribution is 2.41. The second-order valence-electron chi connectivity index (χ2n) is 5.50. The van der Waals surface area contributed by atoms with Crippen LogP contribution in [0.5, 0.6) is 5.75 Å². The molecule has 1 aromatic rings. The molecule has 0 saturated heterocycles. The first-order valence-electron chi connectivity index (χ1n) is 5.72. The second-order valence-corrected chi connectivity index (χ2v) is 5.50. The maximum Gasteiger partial charge on any atom is 0.146 e. The molecular formula is C13H20N2O.